The summed E-state index contributed by atoms with van der Waals surface area (Å²) in [6.45, 7) is 4.92. The molecular weight excluding hydrogens is 530 g/mol. The van der Waals surface area contributed by atoms with Crippen molar-refractivity contribution in [2.24, 2.45) is 5.73 Å². The Labute approximate surface area is 242 Å². The van der Waals surface area contributed by atoms with Gasteiger partial charge in [0.2, 0.25) is 17.7 Å². The molecule has 0 aliphatic carbocycles. The minimum atomic E-state index is -1.07. The second kappa shape index (κ2) is 18.3. The lowest BCUT2D eigenvalue weighted by atomic mass is 10.0. The molecule has 12 heteroatoms. The maximum atomic E-state index is 13.3. The number of carbonyl (C=O) groups excluding carboxylic acids is 3. The molecule has 0 radical (unpaired) electrons. The summed E-state index contributed by atoms with van der Waals surface area (Å²) in [5, 5.41) is 31.4. The number of aliphatic hydroxyl groups is 1. The van der Waals surface area contributed by atoms with Gasteiger partial charge in [0.25, 0.3) is 0 Å². The van der Waals surface area contributed by atoms with Crippen molar-refractivity contribution < 1.29 is 34.1 Å². The zero-order chi connectivity index (χ0) is 30.2. The number of carboxylic acid groups (broad SMARTS) is 1. The molecule has 1 heterocycles. The van der Waals surface area contributed by atoms with Crippen LogP contribution >= 0.6 is 0 Å². The Kier molecular flexibility index (Phi) is 15.1. The third-order valence-electron chi connectivity index (χ3n) is 7.06. The fourth-order valence-corrected chi connectivity index (χ4v) is 4.51. The van der Waals surface area contributed by atoms with Crippen LogP contribution in [0, 0.1) is 6.92 Å². The first-order chi connectivity index (χ1) is 19.6. The number of rotatable bonds is 11. The standard InChI is InChI=1S/C29H47N5O7/c1-3-7-23-28(39)32-22(25(35)18-31-20-11-9-19(2)10-12-20)15-17-41-16-6-4-5-8-24(29(40)34-23)33-27(38)21(30)13-14-26(36)37/h9-12,21-25,31,35H,3-8,13-18,30H2,1-2H3,(H,32,39)(H,33,38)(H,34,40)(H,36,37)/t21-,22-,23-,24-,25+/m0/s1. The van der Waals surface area contributed by atoms with E-state index >= 15 is 0 Å². The first-order valence-electron chi connectivity index (χ1n) is 14.6. The van der Waals surface area contributed by atoms with Crippen LogP contribution in [0.25, 0.3) is 0 Å². The van der Waals surface area contributed by atoms with E-state index in [1.54, 1.807) is 0 Å². The van der Waals surface area contributed by atoms with Crippen molar-refractivity contribution in [2.45, 2.75) is 102 Å². The summed E-state index contributed by atoms with van der Waals surface area (Å²) in [6, 6.07) is 4.26. The van der Waals surface area contributed by atoms with Crippen LogP contribution in [0.3, 0.4) is 0 Å². The largest absolute Gasteiger partial charge is 0.481 e. The van der Waals surface area contributed by atoms with Crippen LogP contribution < -0.4 is 27.0 Å². The van der Waals surface area contributed by atoms with E-state index in [2.05, 4.69) is 21.3 Å². The second-order valence-corrected chi connectivity index (χ2v) is 10.6. The van der Waals surface area contributed by atoms with Gasteiger partial charge in [-0.2, -0.15) is 0 Å². The van der Waals surface area contributed by atoms with Gasteiger partial charge in [-0.1, -0.05) is 43.9 Å². The lowest BCUT2D eigenvalue weighted by Gasteiger charge is -2.28. The monoisotopic (exact) mass is 577 g/mol. The topological polar surface area (TPSA) is 192 Å². The summed E-state index contributed by atoms with van der Waals surface area (Å²) in [6.07, 6.45) is 2.57. The van der Waals surface area contributed by atoms with Gasteiger partial charge in [0, 0.05) is 31.9 Å². The van der Waals surface area contributed by atoms with Crippen LogP contribution in [-0.2, 0) is 23.9 Å². The number of benzene rings is 1. The van der Waals surface area contributed by atoms with Crippen LogP contribution in [0.1, 0.15) is 70.3 Å². The molecule has 41 heavy (non-hydrogen) atoms. The molecule has 1 saturated heterocycles. The number of nitrogens with two attached hydrogens (primary N) is 1. The number of aliphatic carboxylic acids is 1. The number of anilines is 1. The van der Waals surface area contributed by atoms with Crippen molar-refractivity contribution in [1.82, 2.24) is 16.0 Å². The molecule has 2 rings (SSSR count). The number of ether oxygens (including phenoxy) is 1. The smallest absolute Gasteiger partial charge is 0.303 e. The number of amides is 3. The number of carbonyl (C=O) groups is 4. The van der Waals surface area contributed by atoms with Crippen molar-refractivity contribution in [3.05, 3.63) is 29.8 Å². The Morgan fingerprint density at radius 2 is 1.80 bits per heavy atom. The van der Waals surface area contributed by atoms with E-state index in [9.17, 15) is 24.3 Å². The minimum Gasteiger partial charge on any atom is -0.481 e. The van der Waals surface area contributed by atoms with Crippen molar-refractivity contribution >= 4 is 29.4 Å². The summed E-state index contributed by atoms with van der Waals surface area (Å²) in [5.74, 6) is -2.63. The molecule has 5 atom stereocenters. The third-order valence-corrected chi connectivity index (χ3v) is 7.06. The second-order valence-electron chi connectivity index (χ2n) is 10.6. The van der Waals surface area contributed by atoms with Crippen molar-refractivity contribution in [3.63, 3.8) is 0 Å². The molecule has 12 nitrogen and oxygen atoms in total. The fourth-order valence-electron chi connectivity index (χ4n) is 4.51. The highest BCUT2D eigenvalue weighted by Crippen LogP contribution is 2.12. The molecule has 1 aromatic rings. The SMILES string of the molecule is CCC[C@@H]1NC(=O)[C@@H](NC(=O)[C@@H](N)CCC(=O)O)CCCCCOCC[C@@H]([C@H](O)CNc2ccc(C)cc2)NC1=O. The normalized spacial score (nSPS) is 22.7. The number of hydrogen-bond acceptors (Lipinski definition) is 8. The van der Waals surface area contributed by atoms with Gasteiger partial charge in [-0.25, -0.2) is 0 Å². The highest BCUT2D eigenvalue weighted by atomic mass is 16.5. The highest BCUT2D eigenvalue weighted by Gasteiger charge is 2.30. The summed E-state index contributed by atoms with van der Waals surface area (Å²) in [4.78, 5) is 50.1. The van der Waals surface area contributed by atoms with Gasteiger partial charge >= 0.3 is 5.97 Å². The van der Waals surface area contributed by atoms with Gasteiger partial charge in [0.15, 0.2) is 0 Å². The Hall–Kier alpha value is -3.22. The number of nitrogens with one attached hydrogen (secondary N) is 4. The zero-order valence-electron chi connectivity index (χ0n) is 24.2. The molecule has 0 saturated carbocycles. The lowest BCUT2D eigenvalue weighted by molar-refractivity contribution is -0.137. The van der Waals surface area contributed by atoms with Crippen LogP contribution in [0.2, 0.25) is 0 Å². The van der Waals surface area contributed by atoms with Gasteiger partial charge in [-0.3, -0.25) is 19.2 Å². The number of carboxylic acids is 1. The van der Waals surface area contributed by atoms with Gasteiger partial charge in [-0.15, -0.1) is 0 Å². The van der Waals surface area contributed by atoms with Crippen LogP contribution in [0.4, 0.5) is 5.69 Å². The first kappa shape index (κ1) is 34.0. The van der Waals surface area contributed by atoms with E-state index in [1.165, 1.54) is 0 Å². The maximum Gasteiger partial charge on any atom is 0.303 e. The molecule has 0 aromatic heterocycles. The fraction of sp³-hybridized carbons (Fsp3) is 0.655. The number of hydrogen-bond donors (Lipinski definition) is 7. The van der Waals surface area contributed by atoms with Gasteiger partial charge in [0.05, 0.1) is 18.2 Å². The molecule has 230 valence electrons. The molecule has 8 N–H and O–H groups in total. The third kappa shape index (κ3) is 12.9. The summed E-state index contributed by atoms with van der Waals surface area (Å²) >= 11 is 0. The molecule has 1 aliphatic heterocycles. The predicted octanol–water partition coefficient (Wildman–Crippen LogP) is 1.20. The van der Waals surface area contributed by atoms with Crippen molar-refractivity contribution in [1.29, 1.82) is 0 Å². The number of aryl methyl sites for hydroxylation is 1. The Balaban J connectivity index is 2.12. The molecule has 0 spiro atoms. The molecule has 0 bridgehead atoms. The van der Waals surface area contributed by atoms with E-state index in [-0.39, 0.29) is 19.4 Å². The summed E-state index contributed by atoms with van der Waals surface area (Å²) < 4.78 is 5.77. The molecule has 1 fully saturated rings. The van der Waals surface area contributed by atoms with E-state index in [0.29, 0.717) is 45.3 Å². The van der Waals surface area contributed by atoms with E-state index in [4.69, 9.17) is 15.6 Å². The predicted molar refractivity (Wildman–Crippen MR) is 155 cm³/mol. The first-order valence-corrected chi connectivity index (χ1v) is 14.6. The average Bonchev–Trinajstić information content (AvgIpc) is 2.94. The minimum absolute atomic E-state index is 0.0593. The molecule has 3 amide bonds. The summed E-state index contributed by atoms with van der Waals surface area (Å²) in [5.41, 5.74) is 7.82. The Morgan fingerprint density at radius 1 is 1.07 bits per heavy atom. The van der Waals surface area contributed by atoms with E-state index in [1.807, 2.05) is 38.1 Å². The van der Waals surface area contributed by atoms with E-state index in [0.717, 1.165) is 24.1 Å². The average molecular weight is 578 g/mol. The van der Waals surface area contributed by atoms with Crippen LogP contribution in [0.15, 0.2) is 24.3 Å². The molecule has 0 unspecified atom stereocenters. The summed E-state index contributed by atoms with van der Waals surface area (Å²) in [7, 11) is 0. The Bertz CT molecular complexity index is 975. The zero-order valence-corrected chi connectivity index (χ0v) is 24.2. The van der Waals surface area contributed by atoms with Crippen molar-refractivity contribution in [2.75, 3.05) is 25.1 Å². The lowest BCUT2D eigenvalue weighted by Crippen LogP contribution is -2.57. The molecule has 1 aliphatic rings. The van der Waals surface area contributed by atoms with Crippen LogP contribution in [-0.4, -0.2) is 83.9 Å². The van der Waals surface area contributed by atoms with E-state index < -0.39 is 54.0 Å². The van der Waals surface area contributed by atoms with Gasteiger partial charge in [0.1, 0.15) is 12.1 Å². The number of aliphatic hydroxyl groups excluding tert-OH is 1. The van der Waals surface area contributed by atoms with Gasteiger partial charge < -0.3 is 42.0 Å². The van der Waals surface area contributed by atoms with Crippen molar-refractivity contribution in [3.8, 4) is 0 Å². The maximum absolute atomic E-state index is 13.3. The molecule has 1 aromatic carbocycles. The quantitative estimate of drug-likeness (QED) is 0.202. The molecular formula is C29H47N5O7. The van der Waals surface area contributed by atoms with Gasteiger partial charge in [-0.05, 0) is 51.2 Å². The van der Waals surface area contributed by atoms with Crippen LogP contribution in [0.5, 0.6) is 0 Å². The highest BCUT2D eigenvalue weighted by molar-refractivity contribution is 5.93. The Morgan fingerprint density at radius 3 is 2.49 bits per heavy atom.